The van der Waals surface area contributed by atoms with E-state index in [9.17, 15) is 9.59 Å². The van der Waals surface area contributed by atoms with Crippen molar-refractivity contribution in [2.24, 2.45) is 0 Å². The van der Waals surface area contributed by atoms with Gasteiger partial charge in [-0.05, 0) is 47.6 Å². The van der Waals surface area contributed by atoms with Crippen molar-refractivity contribution < 1.29 is 13.9 Å². The summed E-state index contributed by atoms with van der Waals surface area (Å²) in [5.74, 6) is -0.348. The first-order valence-corrected chi connectivity index (χ1v) is 11.9. The lowest BCUT2D eigenvalue weighted by Gasteiger charge is -2.35. The van der Waals surface area contributed by atoms with Crippen molar-refractivity contribution in [1.82, 2.24) is 10.2 Å². The fourth-order valence-corrected chi connectivity index (χ4v) is 4.39. The number of hydrogen-bond acceptors (Lipinski definition) is 5. The van der Waals surface area contributed by atoms with Gasteiger partial charge in [0.15, 0.2) is 11.2 Å². The molecule has 0 saturated carbocycles. The third kappa shape index (κ3) is 5.08. The first-order chi connectivity index (χ1) is 16.1. The van der Waals surface area contributed by atoms with Crippen LogP contribution in [0.15, 0.2) is 51.7 Å². The third-order valence-corrected chi connectivity index (χ3v) is 6.74. The number of amides is 1. The number of carbonyl (C=O) groups excluding carboxylic acids is 1. The molecule has 4 rings (SSSR count). The van der Waals surface area contributed by atoms with Gasteiger partial charge in [-0.3, -0.25) is 14.5 Å². The Bertz CT molecular complexity index is 1230. The van der Waals surface area contributed by atoms with Gasteiger partial charge in [-0.15, -0.1) is 0 Å². The molecule has 34 heavy (non-hydrogen) atoms. The van der Waals surface area contributed by atoms with Crippen molar-refractivity contribution in [3.05, 3.63) is 80.7 Å². The number of morpholine rings is 1. The predicted octanol–water partition coefficient (Wildman–Crippen LogP) is 4.51. The van der Waals surface area contributed by atoms with E-state index in [1.807, 2.05) is 19.9 Å². The van der Waals surface area contributed by atoms with Crippen LogP contribution in [0.3, 0.4) is 0 Å². The molecule has 1 amide bonds. The van der Waals surface area contributed by atoms with Crippen LogP contribution in [0.1, 0.15) is 59.6 Å². The van der Waals surface area contributed by atoms with Gasteiger partial charge in [0.25, 0.3) is 5.91 Å². The highest BCUT2D eigenvalue weighted by atomic mass is 16.5. The highest BCUT2D eigenvalue weighted by Crippen LogP contribution is 2.27. The van der Waals surface area contributed by atoms with E-state index < -0.39 is 0 Å². The summed E-state index contributed by atoms with van der Waals surface area (Å²) < 4.78 is 11.4. The van der Waals surface area contributed by atoms with Crippen molar-refractivity contribution in [1.29, 1.82) is 0 Å². The molecule has 2 aromatic carbocycles. The molecule has 0 spiro atoms. The number of aryl methyl sites for hydroxylation is 2. The topological polar surface area (TPSA) is 71.8 Å². The van der Waals surface area contributed by atoms with Crippen molar-refractivity contribution in [2.45, 2.75) is 46.1 Å². The first-order valence-electron chi connectivity index (χ1n) is 11.9. The van der Waals surface area contributed by atoms with Gasteiger partial charge in [0.05, 0.1) is 24.6 Å². The molecule has 1 atom stereocenters. The third-order valence-electron chi connectivity index (χ3n) is 6.74. The molecule has 2 heterocycles. The normalized spacial score (nSPS) is 15.9. The SMILES string of the molecule is Cc1ccc2c(=O)cc(C(=O)NC[C@@H](c3ccc(C(C)(C)C)cc3)N3CCOCC3)oc2c1C. The van der Waals surface area contributed by atoms with Gasteiger partial charge in [0.2, 0.25) is 0 Å². The summed E-state index contributed by atoms with van der Waals surface area (Å²) in [6.07, 6.45) is 0. The van der Waals surface area contributed by atoms with E-state index in [4.69, 9.17) is 9.15 Å². The van der Waals surface area contributed by atoms with Gasteiger partial charge >= 0.3 is 0 Å². The molecule has 1 saturated heterocycles. The molecule has 0 unspecified atom stereocenters. The number of hydrogen-bond donors (Lipinski definition) is 1. The Kier molecular flexibility index (Phi) is 6.91. The van der Waals surface area contributed by atoms with E-state index in [-0.39, 0.29) is 28.6 Å². The van der Waals surface area contributed by atoms with Gasteiger partial charge in [0, 0.05) is 25.7 Å². The van der Waals surface area contributed by atoms with Crippen LogP contribution in [0.5, 0.6) is 0 Å². The van der Waals surface area contributed by atoms with Gasteiger partial charge in [-0.2, -0.15) is 0 Å². The largest absolute Gasteiger partial charge is 0.450 e. The number of rotatable bonds is 5. The van der Waals surface area contributed by atoms with Crippen LogP contribution < -0.4 is 10.7 Å². The summed E-state index contributed by atoms with van der Waals surface area (Å²) in [5, 5.41) is 3.50. The Morgan fingerprint density at radius 1 is 1.06 bits per heavy atom. The summed E-state index contributed by atoms with van der Waals surface area (Å²) in [4.78, 5) is 28.0. The fraction of sp³-hybridized carbons (Fsp3) is 0.429. The molecular weight excluding hydrogens is 428 g/mol. The Morgan fingerprint density at radius 2 is 1.74 bits per heavy atom. The zero-order valence-corrected chi connectivity index (χ0v) is 20.7. The molecule has 1 aliphatic heterocycles. The minimum atomic E-state index is -0.385. The second-order valence-electron chi connectivity index (χ2n) is 10.1. The summed E-state index contributed by atoms with van der Waals surface area (Å²) in [6.45, 7) is 13.8. The number of benzene rings is 2. The Labute approximate surface area is 200 Å². The van der Waals surface area contributed by atoms with Gasteiger partial charge in [-0.25, -0.2) is 0 Å². The average molecular weight is 463 g/mol. The number of ether oxygens (including phenoxy) is 1. The summed E-state index contributed by atoms with van der Waals surface area (Å²) in [7, 11) is 0. The predicted molar refractivity (Wildman–Crippen MR) is 135 cm³/mol. The smallest absolute Gasteiger partial charge is 0.287 e. The van der Waals surface area contributed by atoms with Crippen molar-refractivity contribution >= 4 is 16.9 Å². The zero-order valence-electron chi connectivity index (χ0n) is 20.7. The van der Waals surface area contributed by atoms with Crippen LogP contribution in [0.4, 0.5) is 0 Å². The molecule has 6 heteroatoms. The fourth-order valence-electron chi connectivity index (χ4n) is 4.39. The highest BCUT2D eigenvalue weighted by Gasteiger charge is 2.25. The average Bonchev–Trinajstić information content (AvgIpc) is 2.82. The molecule has 3 aromatic rings. The molecule has 1 fully saturated rings. The van der Waals surface area contributed by atoms with Crippen LogP contribution in [0, 0.1) is 13.8 Å². The number of fused-ring (bicyclic) bond motifs is 1. The molecule has 1 aromatic heterocycles. The van der Waals surface area contributed by atoms with Crippen LogP contribution in [0.25, 0.3) is 11.0 Å². The monoisotopic (exact) mass is 462 g/mol. The number of carbonyl (C=O) groups is 1. The first kappa shape index (κ1) is 24.2. The summed E-state index contributed by atoms with van der Waals surface area (Å²) >= 11 is 0. The Hall–Kier alpha value is -2.96. The van der Waals surface area contributed by atoms with E-state index in [0.29, 0.717) is 30.7 Å². The molecule has 6 nitrogen and oxygen atoms in total. The molecular formula is C28H34N2O4. The molecule has 0 bridgehead atoms. The minimum Gasteiger partial charge on any atom is -0.450 e. The lowest BCUT2D eigenvalue weighted by molar-refractivity contribution is 0.0161. The van der Waals surface area contributed by atoms with Crippen LogP contribution in [-0.2, 0) is 10.2 Å². The minimum absolute atomic E-state index is 0.00183. The van der Waals surface area contributed by atoms with E-state index >= 15 is 0 Å². The van der Waals surface area contributed by atoms with Crippen LogP contribution in [0.2, 0.25) is 0 Å². The lowest BCUT2D eigenvalue weighted by Crippen LogP contribution is -2.43. The standard InChI is InChI=1S/C28H34N2O4/c1-18-6-11-22-24(31)16-25(34-26(22)19(18)2)27(32)29-17-23(30-12-14-33-15-13-30)20-7-9-21(10-8-20)28(3,4)5/h6-11,16,23H,12-15,17H2,1-5H3,(H,29,32)/t23-/m0/s1. The van der Waals surface area contributed by atoms with E-state index in [0.717, 1.165) is 29.8 Å². The van der Waals surface area contributed by atoms with E-state index in [1.165, 1.54) is 11.6 Å². The summed E-state index contributed by atoms with van der Waals surface area (Å²) in [6, 6.07) is 13.6. The molecule has 180 valence electrons. The maximum atomic E-state index is 13.1. The van der Waals surface area contributed by atoms with Gasteiger partial charge in [-0.1, -0.05) is 51.1 Å². The lowest BCUT2D eigenvalue weighted by atomic mass is 9.86. The molecule has 0 radical (unpaired) electrons. The van der Waals surface area contributed by atoms with Crippen molar-refractivity contribution in [2.75, 3.05) is 32.8 Å². The van der Waals surface area contributed by atoms with Crippen molar-refractivity contribution in [3.63, 3.8) is 0 Å². The van der Waals surface area contributed by atoms with E-state index in [2.05, 4.69) is 55.3 Å². The second kappa shape index (κ2) is 9.72. The van der Waals surface area contributed by atoms with Crippen LogP contribution >= 0.6 is 0 Å². The van der Waals surface area contributed by atoms with Gasteiger partial charge in [0.1, 0.15) is 5.58 Å². The second-order valence-corrected chi connectivity index (χ2v) is 10.1. The zero-order chi connectivity index (χ0) is 24.5. The van der Waals surface area contributed by atoms with E-state index in [1.54, 1.807) is 6.07 Å². The Morgan fingerprint density at radius 3 is 2.38 bits per heavy atom. The quantitative estimate of drug-likeness (QED) is 0.604. The van der Waals surface area contributed by atoms with Crippen molar-refractivity contribution in [3.8, 4) is 0 Å². The maximum absolute atomic E-state index is 13.1. The van der Waals surface area contributed by atoms with Crippen LogP contribution in [-0.4, -0.2) is 43.7 Å². The number of nitrogens with one attached hydrogen (secondary N) is 1. The highest BCUT2D eigenvalue weighted by molar-refractivity contribution is 5.93. The Balaban J connectivity index is 1.58. The molecule has 1 aliphatic rings. The maximum Gasteiger partial charge on any atom is 0.287 e. The summed E-state index contributed by atoms with van der Waals surface area (Å²) in [5.41, 5.74) is 4.63. The molecule has 0 aliphatic carbocycles. The number of nitrogens with zero attached hydrogens (tertiary/aromatic N) is 1. The van der Waals surface area contributed by atoms with Gasteiger partial charge < -0.3 is 14.5 Å². The molecule has 1 N–H and O–H groups in total.